The number of nitrogens with one attached hydrogen (secondary N) is 1. The molecular formula is C27H23ClN2O4S. The number of fused-ring (bicyclic) bond motifs is 1. The number of amides is 1. The predicted molar refractivity (Wildman–Crippen MR) is 140 cm³/mol. The number of ether oxygens (including phenoxy) is 2. The van der Waals surface area contributed by atoms with Crippen LogP contribution in [0.1, 0.15) is 45.4 Å². The fourth-order valence-corrected chi connectivity index (χ4v) is 4.62. The molecule has 0 aliphatic carbocycles. The van der Waals surface area contributed by atoms with Gasteiger partial charge in [-0.3, -0.25) is 4.79 Å². The molecule has 0 atom stereocenters. The number of unbranched alkanes of at least 4 members (excludes halogenated alkanes) is 1. The lowest BCUT2D eigenvalue weighted by molar-refractivity contribution is 0.0739. The molecule has 0 fully saturated rings. The van der Waals surface area contributed by atoms with Gasteiger partial charge in [0.1, 0.15) is 16.4 Å². The summed E-state index contributed by atoms with van der Waals surface area (Å²) in [6.45, 7) is 2.74. The number of para-hydroxylation sites is 1. The number of carbonyl (C=O) groups is 2. The molecule has 1 heterocycles. The first-order chi connectivity index (χ1) is 17.1. The highest BCUT2D eigenvalue weighted by Crippen LogP contribution is 2.36. The summed E-state index contributed by atoms with van der Waals surface area (Å²) in [6.07, 6.45) is 3.46. The monoisotopic (exact) mass is 506 g/mol. The van der Waals surface area contributed by atoms with E-state index in [-0.39, 0.29) is 5.91 Å². The minimum atomic E-state index is -0.553. The first-order valence-electron chi connectivity index (χ1n) is 11.1. The van der Waals surface area contributed by atoms with Crippen molar-refractivity contribution >= 4 is 51.1 Å². The van der Waals surface area contributed by atoms with Crippen LogP contribution in [0, 0.1) is 0 Å². The van der Waals surface area contributed by atoms with Crippen LogP contribution in [0.15, 0.2) is 77.9 Å². The quantitative estimate of drug-likeness (QED) is 0.0898. The fraction of sp³-hybridized carbons (Fsp3) is 0.148. The lowest BCUT2D eigenvalue weighted by Gasteiger charge is -2.07. The Labute approximate surface area is 212 Å². The summed E-state index contributed by atoms with van der Waals surface area (Å²) in [5, 5.41) is 5.20. The second-order valence-corrected chi connectivity index (χ2v) is 9.02. The summed E-state index contributed by atoms with van der Waals surface area (Å²) in [5.41, 5.74) is 3.46. The molecule has 3 aromatic carbocycles. The number of hydrogen-bond donors (Lipinski definition) is 1. The number of nitrogens with zero attached hydrogens (tertiary/aromatic N) is 1. The Morgan fingerprint density at radius 3 is 2.54 bits per heavy atom. The van der Waals surface area contributed by atoms with Crippen molar-refractivity contribution in [3.8, 4) is 11.5 Å². The molecule has 0 aliphatic rings. The molecular weight excluding hydrogens is 484 g/mol. The molecule has 8 heteroatoms. The van der Waals surface area contributed by atoms with Gasteiger partial charge in [0, 0.05) is 21.2 Å². The highest BCUT2D eigenvalue weighted by molar-refractivity contribution is 7.21. The van der Waals surface area contributed by atoms with Crippen LogP contribution in [0.5, 0.6) is 11.5 Å². The van der Waals surface area contributed by atoms with E-state index in [2.05, 4.69) is 17.5 Å². The van der Waals surface area contributed by atoms with Crippen molar-refractivity contribution in [1.29, 1.82) is 0 Å². The molecule has 0 spiro atoms. The molecule has 1 amide bonds. The summed E-state index contributed by atoms with van der Waals surface area (Å²) in [5.74, 6) is 0.0980. The van der Waals surface area contributed by atoms with Gasteiger partial charge in [-0.05, 0) is 48.9 Å². The lowest BCUT2D eigenvalue weighted by Crippen LogP contribution is -2.17. The maximum atomic E-state index is 12.8. The number of hydrazone groups is 1. The van der Waals surface area contributed by atoms with Crippen LogP contribution in [-0.4, -0.2) is 24.7 Å². The molecule has 178 valence electrons. The van der Waals surface area contributed by atoms with E-state index in [0.717, 1.165) is 22.9 Å². The van der Waals surface area contributed by atoms with Gasteiger partial charge in [-0.15, -0.1) is 11.3 Å². The normalized spacial score (nSPS) is 11.0. The van der Waals surface area contributed by atoms with Crippen LogP contribution in [-0.2, 0) is 0 Å². The van der Waals surface area contributed by atoms with Crippen molar-refractivity contribution < 1.29 is 19.1 Å². The van der Waals surface area contributed by atoms with Gasteiger partial charge >= 0.3 is 5.97 Å². The molecule has 0 aliphatic heterocycles. The molecule has 35 heavy (non-hydrogen) atoms. The molecule has 0 radical (unpaired) electrons. The minimum Gasteiger partial charge on any atom is -0.494 e. The molecule has 0 bridgehead atoms. The van der Waals surface area contributed by atoms with Gasteiger partial charge in [0.2, 0.25) is 0 Å². The molecule has 0 saturated carbocycles. The summed E-state index contributed by atoms with van der Waals surface area (Å²) in [7, 11) is 0. The maximum Gasteiger partial charge on any atom is 0.355 e. The maximum absolute atomic E-state index is 12.8. The number of benzene rings is 3. The topological polar surface area (TPSA) is 77.0 Å². The predicted octanol–water partition coefficient (Wildman–Crippen LogP) is 6.72. The molecule has 0 unspecified atom stereocenters. The van der Waals surface area contributed by atoms with Crippen LogP contribution in [0.3, 0.4) is 0 Å². The Bertz CT molecular complexity index is 1370. The lowest BCUT2D eigenvalue weighted by atomic mass is 10.2. The van der Waals surface area contributed by atoms with Crippen molar-refractivity contribution in [3.63, 3.8) is 0 Å². The van der Waals surface area contributed by atoms with Crippen molar-refractivity contribution in [2.75, 3.05) is 6.61 Å². The van der Waals surface area contributed by atoms with E-state index in [9.17, 15) is 9.59 Å². The average molecular weight is 507 g/mol. The number of esters is 1. The van der Waals surface area contributed by atoms with Crippen molar-refractivity contribution in [1.82, 2.24) is 5.43 Å². The Morgan fingerprint density at radius 1 is 1.03 bits per heavy atom. The van der Waals surface area contributed by atoms with Crippen LogP contribution in [0.25, 0.3) is 10.1 Å². The van der Waals surface area contributed by atoms with E-state index in [4.69, 9.17) is 21.1 Å². The Hall–Kier alpha value is -3.68. The fourth-order valence-electron chi connectivity index (χ4n) is 3.23. The van der Waals surface area contributed by atoms with Crippen LogP contribution in [0.2, 0.25) is 5.02 Å². The first-order valence-corrected chi connectivity index (χ1v) is 12.3. The van der Waals surface area contributed by atoms with Gasteiger partial charge in [0.25, 0.3) is 5.91 Å². The zero-order valence-corrected chi connectivity index (χ0v) is 20.6. The van der Waals surface area contributed by atoms with Gasteiger partial charge < -0.3 is 9.47 Å². The van der Waals surface area contributed by atoms with Crippen molar-refractivity contribution in [2.45, 2.75) is 19.8 Å². The third-order valence-corrected chi connectivity index (χ3v) is 6.75. The molecule has 6 nitrogen and oxygen atoms in total. The molecule has 1 N–H and O–H groups in total. The second-order valence-electron chi connectivity index (χ2n) is 7.59. The molecule has 4 rings (SSSR count). The number of hydrogen-bond acceptors (Lipinski definition) is 6. The average Bonchev–Trinajstić information content (AvgIpc) is 3.22. The third-order valence-electron chi connectivity index (χ3n) is 5.09. The van der Waals surface area contributed by atoms with Gasteiger partial charge in [-0.2, -0.15) is 5.10 Å². The highest BCUT2D eigenvalue weighted by Gasteiger charge is 2.19. The molecule has 0 saturated heterocycles. The van der Waals surface area contributed by atoms with E-state index < -0.39 is 5.97 Å². The summed E-state index contributed by atoms with van der Waals surface area (Å²) in [6, 6.07) is 21.3. The van der Waals surface area contributed by atoms with E-state index in [0.29, 0.717) is 39.1 Å². The Balaban J connectivity index is 1.40. The zero-order chi connectivity index (χ0) is 24.6. The minimum absolute atomic E-state index is 0.303. The van der Waals surface area contributed by atoms with Gasteiger partial charge in [0.05, 0.1) is 17.8 Å². The highest BCUT2D eigenvalue weighted by atomic mass is 35.5. The number of thiophene rings is 1. The Morgan fingerprint density at radius 2 is 1.77 bits per heavy atom. The van der Waals surface area contributed by atoms with Crippen LogP contribution >= 0.6 is 22.9 Å². The summed E-state index contributed by atoms with van der Waals surface area (Å²) in [4.78, 5) is 25.6. The van der Waals surface area contributed by atoms with Crippen LogP contribution < -0.4 is 14.9 Å². The van der Waals surface area contributed by atoms with Gasteiger partial charge in [-0.25, -0.2) is 10.2 Å². The number of rotatable bonds is 9. The standard InChI is InChI=1S/C27H23ClN2O4S/c1-2-3-16-33-20-14-12-18(13-15-20)26(31)30-29-17-19-8-4-6-10-22(19)34-27(32)25-24(28)21-9-5-7-11-23(21)35-25/h4-15,17H,2-3,16H2,1H3,(H,30,31)/b29-17-. The zero-order valence-electron chi connectivity index (χ0n) is 19.0. The molecule has 4 aromatic rings. The summed E-state index contributed by atoms with van der Waals surface area (Å²) < 4.78 is 12.1. The number of carbonyl (C=O) groups excluding carboxylic acids is 2. The second kappa shape index (κ2) is 11.6. The van der Waals surface area contributed by atoms with E-state index in [1.807, 2.05) is 24.3 Å². The smallest absolute Gasteiger partial charge is 0.355 e. The Kier molecular flexibility index (Phi) is 8.13. The van der Waals surface area contributed by atoms with Crippen molar-refractivity contribution in [2.24, 2.45) is 5.10 Å². The first kappa shape index (κ1) is 24.4. The third kappa shape index (κ3) is 6.07. The van der Waals surface area contributed by atoms with Gasteiger partial charge in [0.15, 0.2) is 0 Å². The van der Waals surface area contributed by atoms with E-state index in [1.165, 1.54) is 17.6 Å². The number of halogens is 1. The van der Waals surface area contributed by atoms with Crippen LogP contribution in [0.4, 0.5) is 0 Å². The largest absolute Gasteiger partial charge is 0.494 e. The van der Waals surface area contributed by atoms with E-state index in [1.54, 1.807) is 48.5 Å². The SMILES string of the molecule is CCCCOc1ccc(C(=O)N/N=C\c2ccccc2OC(=O)c2sc3ccccc3c2Cl)cc1. The summed E-state index contributed by atoms with van der Waals surface area (Å²) >= 11 is 7.68. The van der Waals surface area contributed by atoms with Gasteiger partial charge in [-0.1, -0.05) is 55.3 Å². The van der Waals surface area contributed by atoms with E-state index >= 15 is 0 Å². The molecule has 1 aromatic heterocycles. The van der Waals surface area contributed by atoms with Crippen molar-refractivity contribution in [3.05, 3.63) is 93.8 Å².